The molecule has 0 radical (unpaired) electrons. The van der Waals surface area contributed by atoms with E-state index in [9.17, 15) is 0 Å². The van der Waals surface area contributed by atoms with Crippen LogP contribution in [0.3, 0.4) is 0 Å². The minimum absolute atomic E-state index is 0.212. The summed E-state index contributed by atoms with van der Waals surface area (Å²) in [7, 11) is 0. The fourth-order valence-corrected chi connectivity index (χ4v) is 3.98. The number of alkyl halides is 2. The van der Waals surface area contributed by atoms with Crippen molar-refractivity contribution in [2.75, 3.05) is 0 Å². The highest BCUT2D eigenvalue weighted by molar-refractivity contribution is 9.10. The SMILES string of the molecule is CC1(C)OC2C(Br)CC(Br)C2O1. The molecular weight excluding hydrogens is 288 g/mol. The Hall–Kier alpha value is 0.880. The number of rotatable bonds is 0. The average molecular weight is 300 g/mol. The van der Waals surface area contributed by atoms with E-state index >= 15 is 0 Å². The van der Waals surface area contributed by atoms with Crippen LogP contribution in [0, 0.1) is 0 Å². The third-order valence-corrected chi connectivity index (χ3v) is 4.12. The molecule has 4 heteroatoms. The van der Waals surface area contributed by atoms with Crippen LogP contribution in [-0.4, -0.2) is 27.6 Å². The number of hydrogen-bond donors (Lipinski definition) is 0. The highest BCUT2D eigenvalue weighted by Crippen LogP contribution is 2.43. The lowest BCUT2D eigenvalue weighted by Gasteiger charge is -2.20. The van der Waals surface area contributed by atoms with Gasteiger partial charge in [0.1, 0.15) is 12.2 Å². The van der Waals surface area contributed by atoms with Gasteiger partial charge in [-0.2, -0.15) is 0 Å². The fraction of sp³-hybridized carbons (Fsp3) is 1.00. The zero-order chi connectivity index (χ0) is 8.93. The second-order valence-corrected chi connectivity index (χ2v) is 6.18. The van der Waals surface area contributed by atoms with Crippen molar-refractivity contribution in [1.29, 1.82) is 0 Å². The maximum absolute atomic E-state index is 5.76. The molecule has 70 valence electrons. The molecule has 1 saturated carbocycles. The van der Waals surface area contributed by atoms with Gasteiger partial charge in [-0.1, -0.05) is 31.9 Å². The first-order valence-electron chi connectivity index (χ1n) is 4.13. The van der Waals surface area contributed by atoms with Crippen LogP contribution in [0.1, 0.15) is 20.3 Å². The van der Waals surface area contributed by atoms with Crippen molar-refractivity contribution in [3.63, 3.8) is 0 Å². The summed E-state index contributed by atoms with van der Waals surface area (Å²) in [4.78, 5) is 0.849. The van der Waals surface area contributed by atoms with Gasteiger partial charge in [-0.3, -0.25) is 0 Å². The summed E-state index contributed by atoms with van der Waals surface area (Å²) < 4.78 is 11.5. The van der Waals surface area contributed by atoms with Crippen molar-refractivity contribution in [1.82, 2.24) is 0 Å². The first kappa shape index (κ1) is 9.44. The van der Waals surface area contributed by atoms with Crippen LogP contribution in [0.25, 0.3) is 0 Å². The van der Waals surface area contributed by atoms with E-state index in [0.29, 0.717) is 9.65 Å². The van der Waals surface area contributed by atoms with Crippen LogP contribution < -0.4 is 0 Å². The minimum atomic E-state index is -0.409. The van der Waals surface area contributed by atoms with E-state index in [1.807, 2.05) is 13.8 Å². The molecule has 12 heavy (non-hydrogen) atoms. The van der Waals surface area contributed by atoms with Gasteiger partial charge in [0.2, 0.25) is 0 Å². The summed E-state index contributed by atoms with van der Waals surface area (Å²) in [5.41, 5.74) is 0. The summed E-state index contributed by atoms with van der Waals surface area (Å²) >= 11 is 7.20. The Morgan fingerprint density at radius 2 is 1.50 bits per heavy atom. The van der Waals surface area contributed by atoms with E-state index in [0.717, 1.165) is 6.42 Å². The lowest BCUT2D eigenvalue weighted by atomic mass is 10.3. The maximum atomic E-state index is 5.76. The molecule has 0 bridgehead atoms. The molecule has 4 atom stereocenters. The molecule has 0 aromatic rings. The smallest absolute Gasteiger partial charge is 0.163 e. The van der Waals surface area contributed by atoms with E-state index < -0.39 is 5.79 Å². The molecule has 1 aliphatic carbocycles. The number of halogens is 2. The Kier molecular flexibility index (Phi) is 2.31. The van der Waals surface area contributed by atoms with Crippen molar-refractivity contribution in [3.8, 4) is 0 Å². The van der Waals surface area contributed by atoms with Crippen LogP contribution >= 0.6 is 31.9 Å². The van der Waals surface area contributed by atoms with Crippen LogP contribution in [0.5, 0.6) is 0 Å². The van der Waals surface area contributed by atoms with E-state index in [1.165, 1.54) is 0 Å². The first-order valence-corrected chi connectivity index (χ1v) is 5.96. The van der Waals surface area contributed by atoms with Gasteiger partial charge in [0.05, 0.1) is 0 Å². The Labute approximate surface area is 89.2 Å². The van der Waals surface area contributed by atoms with Crippen LogP contribution in [0.15, 0.2) is 0 Å². The normalized spacial score (nSPS) is 51.0. The van der Waals surface area contributed by atoms with Gasteiger partial charge >= 0.3 is 0 Å². The third kappa shape index (κ3) is 1.47. The van der Waals surface area contributed by atoms with E-state index in [2.05, 4.69) is 31.9 Å². The molecule has 2 nitrogen and oxygen atoms in total. The Bertz CT molecular complexity index is 177. The number of hydrogen-bond acceptors (Lipinski definition) is 2. The van der Waals surface area contributed by atoms with Crippen molar-refractivity contribution >= 4 is 31.9 Å². The molecule has 2 aliphatic rings. The monoisotopic (exact) mass is 298 g/mol. The topological polar surface area (TPSA) is 18.5 Å². The standard InChI is InChI=1S/C8H12Br2O2/c1-8(2)11-6-4(9)3-5(10)7(6)12-8/h4-7H,3H2,1-2H3. The van der Waals surface area contributed by atoms with Crippen molar-refractivity contribution in [2.45, 2.75) is 47.9 Å². The second kappa shape index (κ2) is 2.94. The molecule has 2 fully saturated rings. The molecule has 1 aliphatic heterocycles. The van der Waals surface area contributed by atoms with Gasteiger partial charge in [0.25, 0.3) is 0 Å². The molecule has 2 rings (SSSR count). The summed E-state index contributed by atoms with van der Waals surface area (Å²) in [6, 6.07) is 0. The minimum Gasteiger partial charge on any atom is -0.343 e. The van der Waals surface area contributed by atoms with Crippen LogP contribution in [0.2, 0.25) is 0 Å². The molecule has 0 spiro atoms. The highest BCUT2D eigenvalue weighted by Gasteiger charge is 2.52. The summed E-state index contributed by atoms with van der Waals surface area (Å²) in [5.74, 6) is -0.409. The molecule has 1 heterocycles. The zero-order valence-corrected chi connectivity index (χ0v) is 10.3. The molecule has 0 N–H and O–H groups in total. The van der Waals surface area contributed by atoms with Crippen LogP contribution in [0.4, 0.5) is 0 Å². The van der Waals surface area contributed by atoms with Crippen molar-refractivity contribution in [3.05, 3.63) is 0 Å². The van der Waals surface area contributed by atoms with Gasteiger partial charge < -0.3 is 9.47 Å². The fourth-order valence-electron chi connectivity index (χ4n) is 1.86. The lowest BCUT2D eigenvalue weighted by Crippen LogP contribution is -2.25. The van der Waals surface area contributed by atoms with E-state index in [1.54, 1.807) is 0 Å². The zero-order valence-electron chi connectivity index (χ0n) is 7.09. The average Bonchev–Trinajstić information content (AvgIpc) is 2.34. The molecule has 0 aromatic heterocycles. The van der Waals surface area contributed by atoms with Gasteiger partial charge in [-0.25, -0.2) is 0 Å². The van der Waals surface area contributed by atoms with Gasteiger partial charge in [-0.05, 0) is 20.3 Å². The number of ether oxygens (including phenoxy) is 2. The summed E-state index contributed by atoms with van der Waals surface area (Å²) in [6.07, 6.45) is 1.50. The predicted octanol–water partition coefficient (Wildman–Crippen LogP) is 2.44. The number of fused-ring (bicyclic) bond motifs is 1. The Morgan fingerprint density at radius 1 is 1.08 bits per heavy atom. The largest absolute Gasteiger partial charge is 0.343 e. The van der Waals surface area contributed by atoms with Gasteiger partial charge in [0, 0.05) is 9.65 Å². The molecule has 4 unspecified atom stereocenters. The molecule has 0 aromatic carbocycles. The first-order chi connectivity index (χ1) is 5.49. The van der Waals surface area contributed by atoms with Gasteiger partial charge in [0.15, 0.2) is 5.79 Å². The maximum Gasteiger partial charge on any atom is 0.163 e. The highest BCUT2D eigenvalue weighted by atomic mass is 79.9. The summed E-state index contributed by atoms with van der Waals surface area (Å²) in [5, 5.41) is 0. The Morgan fingerprint density at radius 3 is 1.92 bits per heavy atom. The van der Waals surface area contributed by atoms with Crippen molar-refractivity contribution < 1.29 is 9.47 Å². The Balaban J connectivity index is 2.15. The molecule has 1 saturated heterocycles. The lowest BCUT2D eigenvalue weighted by molar-refractivity contribution is -0.149. The van der Waals surface area contributed by atoms with E-state index in [-0.39, 0.29) is 12.2 Å². The summed E-state index contributed by atoms with van der Waals surface area (Å²) in [6.45, 7) is 3.93. The predicted molar refractivity (Wildman–Crippen MR) is 53.9 cm³/mol. The van der Waals surface area contributed by atoms with Gasteiger partial charge in [-0.15, -0.1) is 0 Å². The third-order valence-electron chi connectivity index (χ3n) is 2.33. The van der Waals surface area contributed by atoms with E-state index in [4.69, 9.17) is 9.47 Å². The molecule has 0 amide bonds. The quantitative estimate of drug-likeness (QED) is 0.640. The van der Waals surface area contributed by atoms with Crippen molar-refractivity contribution in [2.24, 2.45) is 0 Å². The second-order valence-electron chi connectivity index (χ2n) is 3.83. The molecular formula is C8H12Br2O2. The van der Waals surface area contributed by atoms with Crippen LogP contribution in [-0.2, 0) is 9.47 Å².